The first-order valence-electron chi connectivity index (χ1n) is 9.58. The Balaban J connectivity index is 1.43. The van der Waals surface area contributed by atoms with Crippen molar-refractivity contribution < 1.29 is 27.1 Å². The number of halogens is 3. The first kappa shape index (κ1) is 20.4. The van der Waals surface area contributed by atoms with Crippen LogP contribution in [0.5, 0.6) is 5.88 Å². The fraction of sp³-hybridized carbons (Fsp3) is 0.611. The molecule has 30 heavy (non-hydrogen) atoms. The summed E-state index contributed by atoms with van der Waals surface area (Å²) < 4.78 is 48.7. The predicted molar refractivity (Wildman–Crippen MR) is 97.4 cm³/mol. The van der Waals surface area contributed by atoms with Gasteiger partial charge in [0.15, 0.2) is 0 Å². The van der Waals surface area contributed by atoms with E-state index in [1.54, 1.807) is 6.92 Å². The molecule has 4 rings (SSSR count). The zero-order chi connectivity index (χ0) is 21.5. The summed E-state index contributed by atoms with van der Waals surface area (Å²) in [5, 5.41) is 10.4. The maximum Gasteiger partial charge on any atom is 0.451 e. The molecule has 0 radical (unpaired) electrons. The highest BCUT2D eigenvalue weighted by molar-refractivity contribution is 5.83. The van der Waals surface area contributed by atoms with Gasteiger partial charge in [0.25, 0.3) is 5.89 Å². The summed E-state index contributed by atoms with van der Waals surface area (Å²) in [7, 11) is 1.17. The second kappa shape index (κ2) is 7.40. The number of carbonyl (C=O) groups is 1. The third-order valence-corrected chi connectivity index (χ3v) is 5.66. The molecule has 1 N–H and O–H groups in total. The van der Waals surface area contributed by atoms with Crippen molar-refractivity contribution in [3.63, 3.8) is 0 Å². The smallest absolute Gasteiger partial charge is 0.451 e. The van der Waals surface area contributed by atoms with E-state index >= 15 is 0 Å². The maximum atomic E-state index is 12.8. The van der Waals surface area contributed by atoms with Gasteiger partial charge in [0, 0.05) is 19.3 Å². The molecule has 0 aromatic carbocycles. The first-order chi connectivity index (χ1) is 14.2. The van der Waals surface area contributed by atoms with Gasteiger partial charge < -0.3 is 19.4 Å². The first-order valence-corrected chi connectivity index (χ1v) is 9.58. The third-order valence-electron chi connectivity index (χ3n) is 5.66. The Kier molecular flexibility index (Phi) is 5.02. The van der Waals surface area contributed by atoms with Crippen LogP contribution in [-0.4, -0.2) is 57.2 Å². The molecule has 3 heterocycles. The molecule has 2 fully saturated rings. The van der Waals surface area contributed by atoms with Crippen molar-refractivity contribution >= 4 is 11.9 Å². The van der Waals surface area contributed by atoms with Gasteiger partial charge in [0.1, 0.15) is 11.6 Å². The van der Waals surface area contributed by atoms with Gasteiger partial charge in [0.05, 0.1) is 7.11 Å². The van der Waals surface area contributed by atoms with Gasteiger partial charge >= 0.3 is 12.2 Å². The average molecular weight is 426 g/mol. The van der Waals surface area contributed by atoms with E-state index in [0.717, 1.165) is 32.1 Å². The Hall–Kier alpha value is -2.92. The standard InChI is InChI=1S/C18H21F3N6O3/c1-10(14(28)27-7-5-17(3-4-17)6-8-27)23-16-26-25-13(30-16)11-9-22-15(18(19,20)21)24-12(11)29-2/h9-10H,3-8H2,1-2H3,(H,23,26)/t10-/m1/s1. The number of likely N-dealkylation sites (tertiary alicyclic amines) is 1. The number of rotatable bonds is 5. The molecule has 1 saturated heterocycles. The molecular weight excluding hydrogens is 405 g/mol. The summed E-state index contributed by atoms with van der Waals surface area (Å²) in [6.45, 7) is 3.16. The molecule has 1 saturated carbocycles. The molecule has 0 bridgehead atoms. The number of alkyl halides is 3. The number of aromatic nitrogens is 4. The van der Waals surface area contributed by atoms with Gasteiger partial charge in [-0.2, -0.15) is 18.2 Å². The summed E-state index contributed by atoms with van der Waals surface area (Å²) in [6.07, 6.45) is 0.766. The van der Waals surface area contributed by atoms with E-state index in [4.69, 9.17) is 9.15 Å². The SMILES string of the molecule is COc1nc(C(F)(F)F)ncc1-c1nnc(N[C@H](C)C(=O)N2CCC3(CC2)CC3)o1. The lowest BCUT2D eigenvalue weighted by Gasteiger charge is -2.33. The highest BCUT2D eigenvalue weighted by Gasteiger charge is 2.45. The minimum atomic E-state index is -4.71. The van der Waals surface area contributed by atoms with Crippen molar-refractivity contribution in [2.45, 2.75) is 44.8 Å². The van der Waals surface area contributed by atoms with Crippen LogP contribution in [0.1, 0.15) is 38.4 Å². The van der Waals surface area contributed by atoms with Gasteiger partial charge in [-0.1, -0.05) is 5.10 Å². The lowest BCUT2D eigenvalue weighted by atomic mass is 9.93. The molecule has 12 heteroatoms. The van der Waals surface area contributed by atoms with E-state index in [2.05, 4.69) is 25.5 Å². The molecule has 1 spiro atoms. The van der Waals surface area contributed by atoms with Crippen molar-refractivity contribution in [2.24, 2.45) is 5.41 Å². The monoisotopic (exact) mass is 426 g/mol. The number of methoxy groups -OCH3 is 1. The predicted octanol–water partition coefficient (Wildman–Crippen LogP) is 2.76. The van der Waals surface area contributed by atoms with Gasteiger partial charge in [-0.3, -0.25) is 4.79 Å². The van der Waals surface area contributed by atoms with Crippen LogP contribution in [0.4, 0.5) is 19.2 Å². The van der Waals surface area contributed by atoms with Crippen LogP contribution >= 0.6 is 0 Å². The largest absolute Gasteiger partial charge is 0.480 e. The molecule has 2 aromatic heterocycles. The maximum absolute atomic E-state index is 12.8. The third kappa shape index (κ3) is 4.03. The number of nitrogens with one attached hydrogen (secondary N) is 1. The minimum absolute atomic E-state index is 0.00999. The fourth-order valence-electron chi connectivity index (χ4n) is 3.59. The summed E-state index contributed by atoms with van der Waals surface area (Å²) in [5.74, 6) is -1.88. The van der Waals surface area contributed by atoms with E-state index in [0.29, 0.717) is 5.41 Å². The van der Waals surface area contributed by atoms with Gasteiger partial charge in [-0.25, -0.2) is 4.98 Å². The Bertz CT molecular complexity index is 933. The van der Waals surface area contributed by atoms with E-state index in [1.165, 1.54) is 20.0 Å². The Morgan fingerprint density at radius 1 is 1.27 bits per heavy atom. The average Bonchev–Trinajstić information content (AvgIpc) is 3.31. The van der Waals surface area contributed by atoms with Crippen LogP contribution in [0, 0.1) is 5.41 Å². The molecule has 0 unspecified atom stereocenters. The van der Waals surface area contributed by atoms with Gasteiger partial charge in [-0.05, 0) is 38.0 Å². The highest BCUT2D eigenvalue weighted by atomic mass is 19.4. The zero-order valence-corrected chi connectivity index (χ0v) is 16.5. The number of nitrogens with zero attached hydrogens (tertiary/aromatic N) is 5. The molecule has 162 valence electrons. The number of anilines is 1. The van der Waals surface area contributed by atoms with Crippen LogP contribution < -0.4 is 10.1 Å². The number of ether oxygens (including phenoxy) is 1. The van der Waals surface area contributed by atoms with Crippen LogP contribution in [0.2, 0.25) is 0 Å². The molecular formula is C18H21F3N6O3. The quantitative estimate of drug-likeness (QED) is 0.778. The molecule has 2 aromatic rings. The lowest BCUT2D eigenvalue weighted by Crippen LogP contribution is -2.45. The summed E-state index contributed by atoms with van der Waals surface area (Å²) in [5.41, 5.74) is 0.480. The van der Waals surface area contributed by atoms with Crippen LogP contribution in [0.3, 0.4) is 0 Å². The summed E-state index contributed by atoms with van der Waals surface area (Å²) in [4.78, 5) is 21.1. The summed E-state index contributed by atoms with van der Waals surface area (Å²) >= 11 is 0. The van der Waals surface area contributed by atoms with Crippen molar-refractivity contribution in [1.82, 2.24) is 25.1 Å². The molecule has 1 aliphatic carbocycles. The second-order valence-electron chi connectivity index (χ2n) is 7.72. The number of amides is 1. The van der Waals surface area contributed by atoms with Gasteiger partial charge in [-0.15, -0.1) is 5.10 Å². The topological polar surface area (TPSA) is 106 Å². The Morgan fingerprint density at radius 2 is 1.97 bits per heavy atom. The fourth-order valence-corrected chi connectivity index (χ4v) is 3.59. The molecule has 1 aliphatic heterocycles. The van der Waals surface area contributed by atoms with Crippen LogP contribution in [0.15, 0.2) is 10.6 Å². The Morgan fingerprint density at radius 3 is 2.57 bits per heavy atom. The van der Waals surface area contributed by atoms with E-state index < -0.39 is 18.0 Å². The number of piperidine rings is 1. The molecule has 2 aliphatic rings. The summed E-state index contributed by atoms with van der Waals surface area (Å²) in [6, 6.07) is -0.638. The van der Waals surface area contributed by atoms with E-state index in [-0.39, 0.29) is 29.3 Å². The second-order valence-corrected chi connectivity index (χ2v) is 7.72. The minimum Gasteiger partial charge on any atom is -0.480 e. The van der Waals surface area contributed by atoms with E-state index in [1.807, 2.05) is 4.90 Å². The molecule has 1 atom stereocenters. The Labute approximate surface area is 170 Å². The van der Waals surface area contributed by atoms with Gasteiger partial charge in [0.2, 0.25) is 17.6 Å². The van der Waals surface area contributed by atoms with Crippen molar-refractivity contribution in [3.05, 3.63) is 12.0 Å². The van der Waals surface area contributed by atoms with Crippen molar-refractivity contribution in [2.75, 3.05) is 25.5 Å². The normalized spacial score (nSPS) is 18.9. The molecule has 1 amide bonds. The van der Waals surface area contributed by atoms with Crippen molar-refractivity contribution in [1.29, 1.82) is 0 Å². The highest BCUT2D eigenvalue weighted by Crippen LogP contribution is 2.53. The zero-order valence-electron chi connectivity index (χ0n) is 16.5. The molecule has 9 nitrogen and oxygen atoms in total. The van der Waals surface area contributed by atoms with Crippen molar-refractivity contribution in [3.8, 4) is 17.3 Å². The van der Waals surface area contributed by atoms with Crippen LogP contribution in [0.25, 0.3) is 11.5 Å². The number of hydrogen-bond acceptors (Lipinski definition) is 8. The number of hydrogen-bond donors (Lipinski definition) is 1. The van der Waals surface area contributed by atoms with Crippen LogP contribution in [-0.2, 0) is 11.0 Å². The van der Waals surface area contributed by atoms with E-state index in [9.17, 15) is 18.0 Å². The lowest BCUT2D eigenvalue weighted by molar-refractivity contribution is -0.145. The number of carbonyl (C=O) groups excluding carboxylic acids is 1.